The fourth-order valence-electron chi connectivity index (χ4n) is 3.82. The Hall–Kier alpha value is -0.870. The fourth-order valence-corrected chi connectivity index (χ4v) is 3.82. The van der Waals surface area contributed by atoms with Gasteiger partial charge in [-0.2, -0.15) is 0 Å². The van der Waals surface area contributed by atoms with Crippen LogP contribution < -0.4 is 5.32 Å². The monoisotopic (exact) mass is 263 g/mol. The quantitative estimate of drug-likeness (QED) is 0.906. The summed E-state index contributed by atoms with van der Waals surface area (Å²) >= 11 is 0. The lowest BCUT2D eigenvalue weighted by Crippen LogP contribution is -2.46. The van der Waals surface area contributed by atoms with Crippen LogP contribution in [0.15, 0.2) is 10.6 Å². The van der Waals surface area contributed by atoms with Gasteiger partial charge < -0.3 is 9.84 Å². The highest BCUT2D eigenvalue weighted by Gasteiger charge is 2.33. The fraction of sp³-hybridized carbons (Fsp3) is 0.800. The average molecular weight is 263 g/mol. The molecule has 0 radical (unpaired) electrons. The van der Waals surface area contributed by atoms with Gasteiger partial charge in [0.1, 0.15) is 0 Å². The van der Waals surface area contributed by atoms with Crippen molar-refractivity contribution in [2.45, 2.75) is 57.7 Å². The minimum absolute atomic E-state index is 0.787. The third-order valence-electron chi connectivity index (χ3n) is 4.68. The summed E-state index contributed by atoms with van der Waals surface area (Å²) in [5, 5.41) is 7.22. The van der Waals surface area contributed by atoms with Crippen molar-refractivity contribution in [3.8, 4) is 0 Å². The van der Waals surface area contributed by atoms with Crippen molar-refractivity contribution in [2.75, 3.05) is 13.6 Å². The normalized spacial score (nSPS) is 28.3. The second-order valence-electron chi connectivity index (χ2n) is 6.04. The van der Waals surface area contributed by atoms with Crippen molar-refractivity contribution in [3.63, 3.8) is 0 Å². The van der Waals surface area contributed by atoms with Crippen LogP contribution in [-0.4, -0.2) is 29.7 Å². The zero-order chi connectivity index (χ0) is 13.1. The first-order valence-corrected chi connectivity index (χ1v) is 7.70. The zero-order valence-electron chi connectivity index (χ0n) is 11.9. The van der Waals surface area contributed by atoms with E-state index >= 15 is 0 Å². The summed E-state index contributed by atoms with van der Waals surface area (Å²) in [7, 11) is 1.94. The van der Waals surface area contributed by atoms with Gasteiger partial charge in [0.2, 0.25) is 0 Å². The van der Waals surface area contributed by atoms with E-state index in [1.807, 2.05) is 7.05 Å². The Morgan fingerprint density at radius 1 is 1.32 bits per heavy atom. The predicted molar refractivity (Wildman–Crippen MR) is 74.7 cm³/mol. The first kappa shape index (κ1) is 13.1. The first-order valence-electron chi connectivity index (χ1n) is 7.70. The molecular weight excluding hydrogens is 238 g/mol. The second-order valence-corrected chi connectivity index (χ2v) is 6.04. The van der Waals surface area contributed by atoms with Gasteiger partial charge in [0.25, 0.3) is 0 Å². The molecule has 1 aromatic rings. The molecule has 0 amide bonds. The maximum absolute atomic E-state index is 5.47. The Kier molecular flexibility index (Phi) is 4.18. The summed E-state index contributed by atoms with van der Waals surface area (Å²) in [6.07, 6.45) is 8.43. The van der Waals surface area contributed by atoms with Crippen molar-refractivity contribution in [1.82, 2.24) is 15.4 Å². The number of hydrogen-bond donors (Lipinski definition) is 1. The molecule has 106 valence electrons. The van der Waals surface area contributed by atoms with Crippen LogP contribution in [0, 0.1) is 5.92 Å². The molecule has 0 unspecified atom stereocenters. The van der Waals surface area contributed by atoms with Crippen LogP contribution in [0.25, 0.3) is 0 Å². The maximum atomic E-state index is 5.47. The lowest BCUT2D eigenvalue weighted by atomic mass is 9.78. The van der Waals surface area contributed by atoms with E-state index in [2.05, 4.69) is 21.4 Å². The highest BCUT2D eigenvalue weighted by atomic mass is 16.5. The van der Waals surface area contributed by atoms with Gasteiger partial charge in [-0.15, -0.1) is 0 Å². The molecule has 0 aromatic carbocycles. The van der Waals surface area contributed by atoms with E-state index in [1.165, 1.54) is 45.1 Å². The number of fused-ring (bicyclic) bond motifs is 1. The minimum Gasteiger partial charge on any atom is -0.360 e. The molecule has 19 heavy (non-hydrogen) atoms. The molecule has 2 fully saturated rings. The van der Waals surface area contributed by atoms with Crippen molar-refractivity contribution in [1.29, 1.82) is 0 Å². The number of hydrogen-bond acceptors (Lipinski definition) is 4. The average Bonchev–Trinajstić information content (AvgIpc) is 2.87. The Bertz CT molecular complexity index is 402. The zero-order valence-corrected chi connectivity index (χ0v) is 11.9. The molecular formula is C15H25N3O. The number of piperidine rings is 1. The SMILES string of the molecule is CNCc1cc(CN2CCC[C@H]3CCCC[C@H]32)on1. The molecule has 1 saturated heterocycles. The highest BCUT2D eigenvalue weighted by Crippen LogP contribution is 2.35. The summed E-state index contributed by atoms with van der Waals surface area (Å²) in [6.45, 7) is 2.96. The first-order chi connectivity index (χ1) is 9.36. The largest absolute Gasteiger partial charge is 0.360 e. The van der Waals surface area contributed by atoms with Crippen molar-refractivity contribution in [2.24, 2.45) is 5.92 Å². The summed E-state index contributed by atoms with van der Waals surface area (Å²) in [5.74, 6) is 1.96. The molecule has 1 N–H and O–H groups in total. The molecule has 1 aliphatic carbocycles. The van der Waals surface area contributed by atoms with Crippen LogP contribution in [0.3, 0.4) is 0 Å². The van der Waals surface area contributed by atoms with Gasteiger partial charge in [0, 0.05) is 18.7 Å². The number of nitrogens with one attached hydrogen (secondary N) is 1. The number of rotatable bonds is 4. The Morgan fingerprint density at radius 3 is 3.05 bits per heavy atom. The van der Waals surface area contributed by atoms with Gasteiger partial charge in [-0.05, 0) is 45.2 Å². The van der Waals surface area contributed by atoms with E-state index in [4.69, 9.17) is 4.52 Å². The van der Waals surface area contributed by atoms with Crippen LogP contribution in [0.5, 0.6) is 0 Å². The molecule has 1 saturated carbocycles. The van der Waals surface area contributed by atoms with E-state index in [-0.39, 0.29) is 0 Å². The highest BCUT2D eigenvalue weighted by molar-refractivity contribution is 5.05. The van der Waals surface area contributed by atoms with E-state index in [0.717, 1.165) is 36.5 Å². The van der Waals surface area contributed by atoms with Crippen LogP contribution in [-0.2, 0) is 13.1 Å². The maximum Gasteiger partial charge on any atom is 0.151 e. The number of aromatic nitrogens is 1. The van der Waals surface area contributed by atoms with E-state index in [1.54, 1.807) is 0 Å². The van der Waals surface area contributed by atoms with E-state index < -0.39 is 0 Å². The van der Waals surface area contributed by atoms with Crippen molar-refractivity contribution in [3.05, 3.63) is 17.5 Å². The van der Waals surface area contributed by atoms with E-state index in [9.17, 15) is 0 Å². The summed E-state index contributed by atoms with van der Waals surface area (Å²) in [4.78, 5) is 2.64. The summed E-state index contributed by atoms with van der Waals surface area (Å²) in [6, 6.07) is 2.89. The lowest BCUT2D eigenvalue weighted by Gasteiger charge is -2.43. The van der Waals surface area contributed by atoms with E-state index in [0.29, 0.717) is 0 Å². The van der Waals surface area contributed by atoms with Crippen LogP contribution in [0.4, 0.5) is 0 Å². The molecule has 3 rings (SSSR count). The molecule has 2 aliphatic rings. The third kappa shape index (κ3) is 3.00. The lowest BCUT2D eigenvalue weighted by molar-refractivity contribution is 0.0479. The Balaban J connectivity index is 1.63. The van der Waals surface area contributed by atoms with Gasteiger partial charge in [-0.3, -0.25) is 4.90 Å². The van der Waals surface area contributed by atoms with Gasteiger partial charge in [-0.1, -0.05) is 18.0 Å². The number of nitrogens with zero attached hydrogens (tertiary/aromatic N) is 2. The molecule has 0 bridgehead atoms. The molecule has 4 heteroatoms. The second kappa shape index (κ2) is 6.06. The summed E-state index contributed by atoms with van der Waals surface area (Å²) in [5.41, 5.74) is 1.01. The summed E-state index contributed by atoms with van der Waals surface area (Å²) < 4.78 is 5.47. The van der Waals surface area contributed by atoms with Crippen molar-refractivity contribution >= 4 is 0 Å². The van der Waals surface area contributed by atoms with Gasteiger partial charge in [0.05, 0.1) is 12.2 Å². The van der Waals surface area contributed by atoms with Crippen molar-refractivity contribution < 1.29 is 4.52 Å². The molecule has 0 spiro atoms. The molecule has 4 nitrogen and oxygen atoms in total. The van der Waals surface area contributed by atoms with Crippen LogP contribution >= 0.6 is 0 Å². The molecule has 1 aromatic heterocycles. The van der Waals surface area contributed by atoms with Gasteiger partial charge >= 0.3 is 0 Å². The smallest absolute Gasteiger partial charge is 0.151 e. The minimum atomic E-state index is 0.787. The number of likely N-dealkylation sites (tertiary alicyclic amines) is 1. The van der Waals surface area contributed by atoms with Crippen LogP contribution in [0.2, 0.25) is 0 Å². The predicted octanol–water partition coefficient (Wildman–Crippen LogP) is 2.55. The molecule has 2 heterocycles. The molecule has 2 atom stereocenters. The Morgan fingerprint density at radius 2 is 2.16 bits per heavy atom. The standard InChI is InChI=1S/C15H25N3O/c1-16-10-13-9-14(19-17-13)11-18-8-4-6-12-5-2-3-7-15(12)18/h9,12,15-16H,2-8,10-11H2,1H3/t12-,15-/m1/s1. The molecule has 1 aliphatic heterocycles. The Labute approximate surface area is 115 Å². The van der Waals surface area contributed by atoms with Crippen LogP contribution in [0.1, 0.15) is 50.0 Å². The topological polar surface area (TPSA) is 41.3 Å². The van der Waals surface area contributed by atoms with Gasteiger partial charge in [-0.25, -0.2) is 0 Å². The van der Waals surface area contributed by atoms with Gasteiger partial charge in [0.15, 0.2) is 5.76 Å². The third-order valence-corrected chi connectivity index (χ3v) is 4.68.